The minimum absolute atomic E-state index is 0.00192. The molecule has 2 bridgehead atoms. The first-order valence-corrected chi connectivity index (χ1v) is 27.3. The lowest BCUT2D eigenvalue weighted by Crippen LogP contribution is -2.65. The molecule has 0 unspecified atom stereocenters. The van der Waals surface area contributed by atoms with Crippen molar-refractivity contribution < 1.29 is 38.1 Å². The molecule has 13 nitrogen and oxygen atoms in total. The topological polar surface area (TPSA) is 223 Å². The van der Waals surface area contributed by atoms with Crippen molar-refractivity contribution >= 4 is 42.1 Å². The van der Waals surface area contributed by atoms with Crippen LogP contribution >= 0.6 is 0 Å². The summed E-state index contributed by atoms with van der Waals surface area (Å²) in [5, 5.41) is 5.93. The summed E-state index contributed by atoms with van der Waals surface area (Å²) in [5.41, 5.74) is 21.2. The lowest BCUT2D eigenvalue weighted by atomic mass is 9.43. The van der Waals surface area contributed by atoms with Crippen LogP contribution in [0, 0.1) is 29.1 Å². The molecule has 3 saturated carbocycles. The van der Waals surface area contributed by atoms with Gasteiger partial charge in [-0.1, -0.05) is 96.0 Å². The highest BCUT2D eigenvalue weighted by Crippen LogP contribution is 2.66. The minimum atomic E-state index is -0.887. The molecule has 1 saturated heterocycles. The van der Waals surface area contributed by atoms with Crippen LogP contribution in [0.1, 0.15) is 179 Å². The Bertz CT molecular complexity index is 2060. The van der Waals surface area contributed by atoms with Crippen LogP contribution < -0.4 is 27.8 Å². The summed E-state index contributed by atoms with van der Waals surface area (Å²) in [5.74, 6) is -2.08. The average Bonchev–Trinajstić information content (AvgIpc) is 3.72. The molecule has 0 radical (unpaired) electrons. The number of amides is 2. The predicted molar refractivity (Wildman–Crippen MR) is 282 cm³/mol. The molecule has 2 aromatic rings. The van der Waals surface area contributed by atoms with Gasteiger partial charge in [-0.25, -0.2) is 0 Å². The summed E-state index contributed by atoms with van der Waals surface area (Å²) in [7, 11) is -0.513. The summed E-state index contributed by atoms with van der Waals surface area (Å²) in [6.45, 7) is 13.9. The fourth-order valence-corrected chi connectivity index (χ4v) is 11.4. The van der Waals surface area contributed by atoms with Crippen molar-refractivity contribution in [2.24, 2.45) is 46.3 Å². The van der Waals surface area contributed by atoms with Crippen molar-refractivity contribution in [1.82, 2.24) is 10.6 Å². The average molecular weight is 982 g/mol. The Morgan fingerprint density at radius 2 is 1.24 bits per heavy atom. The Kier molecular flexibility index (Phi) is 22.7. The second kappa shape index (κ2) is 27.8. The molecule has 2 amide bonds. The Balaban J connectivity index is 1.13. The van der Waals surface area contributed by atoms with E-state index in [-0.39, 0.29) is 78.2 Å². The molecule has 392 valence electrons. The molecular weight excluding hydrogens is 893 g/mol. The predicted octanol–water partition coefficient (Wildman–Crippen LogP) is 8.65. The van der Waals surface area contributed by atoms with Gasteiger partial charge in [-0.15, -0.1) is 0 Å². The van der Waals surface area contributed by atoms with Gasteiger partial charge in [-0.3, -0.25) is 28.8 Å². The van der Waals surface area contributed by atoms with E-state index < -0.39 is 42.9 Å². The quantitative estimate of drug-likeness (QED) is 0.0254. The van der Waals surface area contributed by atoms with Crippen LogP contribution in [-0.2, 0) is 39.7 Å². The highest BCUT2D eigenvalue weighted by Gasteiger charge is 2.68. The Morgan fingerprint density at radius 1 is 0.676 bits per heavy atom. The molecule has 4 fully saturated rings. The number of hydrogen-bond acceptors (Lipinski definition) is 11. The van der Waals surface area contributed by atoms with Crippen LogP contribution in [0.5, 0.6) is 0 Å². The van der Waals surface area contributed by atoms with E-state index in [0.29, 0.717) is 101 Å². The number of nitrogens with two attached hydrogens (primary N) is 3. The zero-order valence-corrected chi connectivity index (χ0v) is 44.1. The standard InChI is InChI=1S/C57H88BN5O8/c1-7-8-16-40-22-24-41(25-23-40)42-26-28-43(29-27-42)49(65)21-15-18-46(64)35-44(17-9-12-30-59)55(69)63-47(19-10-13-31-60)50(66)33-38(2)54(68)62-48(20-11-14-32-61)51(67)34-39(3)58-70-53-37-45-36-52(56(45,4)5)57(53,6)71-58/h22-29,38-39,44-45,47-48,52-53H,7-21,30-37,59-61H2,1-6H3,(H,62,68)(H,63,69)/t38-,39-,44-,45+,47+,48+,52+,53-,57+/m1/s1. The Labute approximate surface area is 425 Å². The van der Waals surface area contributed by atoms with E-state index in [4.69, 9.17) is 26.5 Å². The maximum absolute atomic E-state index is 14.0. The van der Waals surface area contributed by atoms with Crippen molar-refractivity contribution in [3.05, 3.63) is 59.7 Å². The number of rotatable bonds is 34. The zero-order valence-electron chi connectivity index (χ0n) is 44.1. The first kappa shape index (κ1) is 57.8. The number of Topliss-reactive ketones (excluding diaryl/α,β-unsaturated/α-hetero) is 4. The van der Waals surface area contributed by atoms with Gasteiger partial charge in [0, 0.05) is 49.5 Å². The van der Waals surface area contributed by atoms with Crippen LogP contribution in [-0.4, -0.2) is 85.5 Å². The lowest BCUT2D eigenvalue weighted by Gasteiger charge is -2.64. The molecule has 6 rings (SSSR count). The summed E-state index contributed by atoms with van der Waals surface area (Å²) in [6.07, 6.45) is 11.2. The number of carbonyl (C=O) groups is 6. The monoisotopic (exact) mass is 982 g/mol. The van der Waals surface area contributed by atoms with E-state index in [0.717, 1.165) is 43.2 Å². The van der Waals surface area contributed by atoms with Gasteiger partial charge in [0.25, 0.3) is 0 Å². The van der Waals surface area contributed by atoms with Gasteiger partial charge in [0.05, 0.1) is 23.8 Å². The third-order valence-electron chi connectivity index (χ3n) is 16.2. The summed E-state index contributed by atoms with van der Waals surface area (Å²) in [6, 6.07) is 14.5. The first-order chi connectivity index (χ1) is 33.9. The van der Waals surface area contributed by atoms with E-state index in [1.54, 1.807) is 6.92 Å². The Morgan fingerprint density at radius 3 is 1.82 bits per heavy atom. The van der Waals surface area contributed by atoms with E-state index in [1.807, 2.05) is 31.2 Å². The van der Waals surface area contributed by atoms with Crippen LogP contribution in [0.2, 0.25) is 5.82 Å². The number of ketones is 4. The highest BCUT2D eigenvalue weighted by atomic mass is 16.7. The number of unbranched alkanes of at least 4 members (excludes halogenated alkanes) is 4. The molecule has 71 heavy (non-hydrogen) atoms. The largest absolute Gasteiger partial charge is 0.461 e. The van der Waals surface area contributed by atoms with E-state index in [2.05, 4.69) is 62.6 Å². The van der Waals surface area contributed by atoms with Crippen molar-refractivity contribution in [3.63, 3.8) is 0 Å². The zero-order chi connectivity index (χ0) is 51.7. The maximum atomic E-state index is 14.0. The highest BCUT2D eigenvalue weighted by molar-refractivity contribution is 6.47. The second-order valence-electron chi connectivity index (χ2n) is 22.1. The number of benzene rings is 2. The summed E-state index contributed by atoms with van der Waals surface area (Å²) < 4.78 is 13.1. The first-order valence-electron chi connectivity index (χ1n) is 27.3. The molecule has 2 aromatic carbocycles. The van der Waals surface area contributed by atoms with Gasteiger partial charge in [0.1, 0.15) is 5.78 Å². The molecule has 14 heteroatoms. The number of nitrogens with one attached hydrogen (secondary N) is 2. The smallest absolute Gasteiger partial charge is 0.405 e. The van der Waals surface area contributed by atoms with Gasteiger partial charge < -0.3 is 37.1 Å². The minimum Gasteiger partial charge on any atom is -0.405 e. The molecule has 0 spiro atoms. The Hall–Kier alpha value is -4.08. The molecule has 9 atom stereocenters. The maximum Gasteiger partial charge on any atom is 0.461 e. The van der Waals surface area contributed by atoms with E-state index in [1.165, 1.54) is 5.56 Å². The van der Waals surface area contributed by atoms with Crippen LogP contribution in [0.3, 0.4) is 0 Å². The third kappa shape index (κ3) is 16.0. The van der Waals surface area contributed by atoms with Gasteiger partial charge in [-0.2, -0.15) is 0 Å². The van der Waals surface area contributed by atoms with Crippen LogP contribution in [0.15, 0.2) is 48.5 Å². The number of hydrogen-bond donors (Lipinski definition) is 5. The number of carbonyl (C=O) groups excluding carboxylic acids is 6. The molecule has 0 aromatic heterocycles. The SMILES string of the molecule is CCCCc1ccc(-c2ccc(C(=O)CCCC(=O)C[C@@H](CCCCN)C(=O)N[C@@H](CCCCN)C(=O)C[C@@H](C)C(=O)N[C@@H](CCCCN)C(=O)C[C@@H](C)B3O[C@@H]4C[C@@H]5C[C@@H](C5(C)C)[C@]4(C)O3)cc2)cc1. The van der Waals surface area contributed by atoms with Gasteiger partial charge in [0.2, 0.25) is 11.8 Å². The van der Waals surface area contributed by atoms with E-state index >= 15 is 0 Å². The van der Waals surface area contributed by atoms with Gasteiger partial charge >= 0.3 is 7.12 Å². The van der Waals surface area contributed by atoms with Gasteiger partial charge in [0.15, 0.2) is 17.3 Å². The number of aryl methyl sites for hydroxylation is 1. The fourth-order valence-electron chi connectivity index (χ4n) is 11.4. The fraction of sp³-hybridized carbons (Fsp3) is 0.684. The third-order valence-corrected chi connectivity index (χ3v) is 16.2. The van der Waals surface area contributed by atoms with Crippen LogP contribution in [0.25, 0.3) is 11.1 Å². The molecule has 1 heterocycles. The van der Waals surface area contributed by atoms with Crippen molar-refractivity contribution in [3.8, 4) is 11.1 Å². The summed E-state index contributed by atoms with van der Waals surface area (Å²) in [4.78, 5) is 82.3. The van der Waals surface area contributed by atoms with E-state index in [9.17, 15) is 28.8 Å². The van der Waals surface area contributed by atoms with Crippen LogP contribution in [0.4, 0.5) is 0 Å². The normalized spacial score (nSPS) is 22.0. The molecule has 1 aliphatic heterocycles. The second-order valence-corrected chi connectivity index (χ2v) is 22.1. The van der Waals surface area contributed by atoms with Gasteiger partial charge in [-0.05, 0) is 150 Å². The molecule has 8 N–H and O–H groups in total. The molecular formula is C57H88BN5O8. The van der Waals surface area contributed by atoms with Crippen molar-refractivity contribution in [2.75, 3.05) is 19.6 Å². The lowest BCUT2D eigenvalue weighted by molar-refractivity contribution is -0.199. The van der Waals surface area contributed by atoms with Crippen molar-refractivity contribution in [1.29, 1.82) is 0 Å². The van der Waals surface area contributed by atoms with Crippen molar-refractivity contribution in [2.45, 2.75) is 200 Å². The molecule has 3 aliphatic carbocycles. The molecule has 4 aliphatic rings. The summed E-state index contributed by atoms with van der Waals surface area (Å²) >= 11 is 0.